The van der Waals surface area contributed by atoms with Crippen molar-refractivity contribution >= 4 is 51.4 Å². The van der Waals surface area contributed by atoms with E-state index in [2.05, 4.69) is 27.9 Å². The van der Waals surface area contributed by atoms with Crippen molar-refractivity contribution in [3.05, 3.63) is 43.7 Å². The third kappa shape index (κ3) is 3.28. The highest BCUT2D eigenvalue weighted by Gasteiger charge is 2.13. The molecule has 0 saturated carbocycles. The quantitative estimate of drug-likeness (QED) is 0.772. The van der Waals surface area contributed by atoms with Crippen LogP contribution in [0.4, 0.5) is 5.69 Å². The van der Waals surface area contributed by atoms with Gasteiger partial charge in [-0.3, -0.25) is 9.59 Å². The van der Waals surface area contributed by atoms with Crippen LogP contribution >= 0.6 is 33.9 Å². The van der Waals surface area contributed by atoms with Crippen LogP contribution < -0.4 is 15.8 Å². The molecule has 0 aliphatic carbocycles. The van der Waals surface area contributed by atoms with Gasteiger partial charge < -0.3 is 15.8 Å². The van der Waals surface area contributed by atoms with Crippen LogP contribution in [0.2, 0.25) is 0 Å². The van der Waals surface area contributed by atoms with Gasteiger partial charge in [-0.15, -0.1) is 11.3 Å². The highest BCUT2D eigenvalue weighted by molar-refractivity contribution is 14.1. The predicted molar refractivity (Wildman–Crippen MR) is 86.5 cm³/mol. The lowest BCUT2D eigenvalue weighted by atomic mass is 10.1. The molecule has 3 N–H and O–H groups in total. The normalized spacial score (nSPS) is 10.1. The van der Waals surface area contributed by atoms with Crippen LogP contribution in [-0.4, -0.2) is 18.9 Å². The number of thiophene rings is 1. The Labute approximate surface area is 133 Å². The highest BCUT2D eigenvalue weighted by atomic mass is 127. The van der Waals surface area contributed by atoms with Crippen LogP contribution in [0.5, 0.6) is 5.75 Å². The number of benzene rings is 1. The van der Waals surface area contributed by atoms with Gasteiger partial charge in [-0.1, -0.05) is 0 Å². The maximum atomic E-state index is 12.1. The first kappa shape index (κ1) is 14.8. The minimum Gasteiger partial charge on any atom is -0.495 e. The second-order valence-electron chi connectivity index (χ2n) is 3.87. The number of anilines is 1. The van der Waals surface area contributed by atoms with Gasteiger partial charge in [0.05, 0.1) is 21.2 Å². The smallest absolute Gasteiger partial charge is 0.256 e. The molecule has 0 bridgehead atoms. The van der Waals surface area contributed by atoms with E-state index in [1.807, 2.05) is 0 Å². The minimum absolute atomic E-state index is 0.260. The summed E-state index contributed by atoms with van der Waals surface area (Å²) in [5.74, 6) is -0.356. The molecule has 0 aliphatic heterocycles. The molecule has 0 spiro atoms. The first-order chi connectivity index (χ1) is 9.51. The molecular formula is C13H11IN2O3S. The molecule has 1 heterocycles. The summed E-state index contributed by atoms with van der Waals surface area (Å²) in [6, 6.07) is 6.42. The Morgan fingerprint density at radius 1 is 1.30 bits per heavy atom. The fraction of sp³-hybridized carbons (Fsp3) is 0.0769. The molecule has 2 aromatic rings. The van der Waals surface area contributed by atoms with Crippen LogP contribution in [0.1, 0.15) is 20.7 Å². The van der Waals surface area contributed by atoms with E-state index in [0.717, 1.165) is 2.88 Å². The topological polar surface area (TPSA) is 81.4 Å². The number of carbonyl (C=O) groups is 2. The number of ether oxygens (including phenoxy) is 1. The molecule has 5 nitrogen and oxygen atoms in total. The third-order valence-corrected chi connectivity index (χ3v) is 4.35. The molecule has 0 atom stereocenters. The van der Waals surface area contributed by atoms with E-state index in [-0.39, 0.29) is 5.91 Å². The Balaban J connectivity index is 2.29. The van der Waals surface area contributed by atoms with Crippen LogP contribution in [0.15, 0.2) is 29.6 Å². The molecule has 0 saturated heterocycles. The molecule has 0 fully saturated rings. The summed E-state index contributed by atoms with van der Waals surface area (Å²) in [5, 5.41) is 4.48. The van der Waals surface area contributed by atoms with Crippen molar-refractivity contribution in [2.24, 2.45) is 5.73 Å². The average molecular weight is 402 g/mol. The molecule has 2 amide bonds. The Hall–Kier alpha value is -1.61. The van der Waals surface area contributed by atoms with Crippen LogP contribution in [0.25, 0.3) is 0 Å². The molecule has 7 heteroatoms. The standard InChI is InChI=1S/C13H11IN2O3S/c1-19-10-3-2-7(12(15)17)4-9(10)16-13(18)8-5-11(14)20-6-8/h2-6H,1H3,(H2,15,17)(H,16,18). The van der Waals surface area contributed by atoms with E-state index in [4.69, 9.17) is 10.5 Å². The third-order valence-electron chi connectivity index (χ3n) is 2.56. The van der Waals surface area contributed by atoms with Gasteiger partial charge in [-0.25, -0.2) is 0 Å². The van der Waals surface area contributed by atoms with Crippen molar-refractivity contribution in [3.8, 4) is 5.75 Å². The molecule has 0 aliphatic rings. The van der Waals surface area contributed by atoms with Gasteiger partial charge in [0.25, 0.3) is 5.91 Å². The number of hydrogen-bond acceptors (Lipinski definition) is 4. The molecule has 1 aromatic carbocycles. The molecule has 2 rings (SSSR count). The second kappa shape index (κ2) is 6.23. The van der Waals surface area contributed by atoms with E-state index in [1.165, 1.54) is 24.5 Å². The minimum atomic E-state index is -0.562. The number of primary amides is 1. The van der Waals surface area contributed by atoms with Gasteiger partial charge in [0.2, 0.25) is 5.91 Å². The number of nitrogens with two attached hydrogens (primary N) is 1. The van der Waals surface area contributed by atoms with Crippen molar-refractivity contribution < 1.29 is 14.3 Å². The van der Waals surface area contributed by atoms with Crippen molar-refractivity contribution in [3.63, 3.8) is 0 Å². The zero-order chi connectivity index (χ0) is 14.7. The SMILES string of the molecule is COc1ccc(C(N)=O)cc1NC(=O)c1csc(I)c1. The zero-order valence-electron chi connectivity index (χ0n) is 10.5. The highest BCUT2D eigenvalue weighted by Crippen LogP contribution is 2.26. The maximum absolute atomic E-state index is 12.1. The zero-order valence-corrected chi connectivity index (χ0v) is 13.4. The summed E-state index contributed by atoms with van der Waals surface area (Å²) >= 11 is 3.63. The van der Waals surface area contributed by atoms with E-state index in [9.17, 15) is 9.59 Å². The van der Waals surface area contributed by atoms with Gasteiger partial charge >= 0.3 is 0 Å². The summed E-state index contributed by atoms with van der Waals surface area (Å²) in [7, 11) is 1.49. The lowest BCUT2D eigenvalue weighted by Gasteiger charge is -2.10. The molecule has 104 valence electrons. The van der Waals surface area contributed by atoms with Crippen molar-refractivity contribution in [1.29, 1.82) is 0 Å². The number of amides is 2. The number of nitrogens with one attached hydrogen (secondary N) is 1. The molecular weight excluding hydrogens is 391 g/mol. The molecule has 0 radical (unpaired) electrons. The van der Waals surface area contributed by atoms with Gasteiger partial charge in [0, 0.05) is 10.9 Å². The Morgan fingerprint density at radius 2 is 2.05 bits per heavy atom. The van der Waals surface area contributed by atoms with Crippen molar-refractivity contribution in [1.82, 2.24) is 0 Å². The molecule has 20 heavy (non-hydrogen) atoms. The van der Waals surface area contributed by atoms with Gasteiger partial charge in [-0.05, 0) is 46.9 Å². The fourth-order valence-electron chi connectivity index (χ4n) is 1.58. The van der Waals surface area contributed by atoms with Crippen LogP contribution in [-0.2, 0) is 0 Å². The Bertz CT molecular complexity index is 669. The lowest BCUT2D eigenvalue weighted by molar-refractivity contribution is 0.0996. The lowest BCUT2D eigenvalue weighted by Crippen LogP contribution is -2.14. The molecule has 0 unspecified atom stereocenters. The summed E-state index contributed by atoms with van der Waals surface area (Å²) < 4.78 is 6.18. The van der Waals surface area contributed by atoms with Gasteiger partial charge in [0.1, 0.15) is 5.75 Å². The second-order valence-corrected chi connectivity index (χ2v) is 6.68. The van der Waals surface area contributed by atoms with E-state index >= 15 is 0 Å². The number of halogens is 1. The Kier molecular flexibility index (Phi) is 4.61. The fourth-order valence-corrected chi connectivity index (χ4v) is 2.91. The maximum Gasteiger partial charge on any atom is 0.256 e. The van der Waals surface area contributed by atoms with E-state index in [1.54, 1.807) is 23.6 Å². The van der Waals surface area contributed by atoms with Crippen LogP contribution in [0, 0.1) is 2.88 Å². The van der Waals surface area contributed by atoms with Crippen LogP contribution in [0.3, 0.4) is 0 Å². The first-order valence-electron chi connectivity index (χ1n) is 5.54. The van der Waals surface area contributed by atoms with Crippen molar-refractivity contribution in [2.45, 2.75) is 0 Å². The van der Waals surface area contributed by atoms with Crippen molar-refractivity contribution in [2.75, 3.05) is 12.4 Å². The monoisotopic (exact) mass is 402 g/mol. The average Bonchev–Trinajstić information content (AvgIpc) is 2.85. The Morgan fingerprint density at radius 3 is 2.60 bits per heavy atom. The first-order valence-corrected chi connectivity index (χ1v) is 7.50. The summed E-state index contributed by atoms with van der Waals surface area (Å²) in [6.07, 6.45) is 0. The summed E-state index contributed by atoms with van der Waals surface area (Å²) in [6.45, 7) is 0. The van der Waals surface area contributed by atoms with Gasteiger partial charge in [-0.2, -0.15) is 0 Å². The van der Waals surface area contributed by atoms with E-state index in [0.29, 0.717) is 22.6 Å². The van der Waals surface area contributed by atoms with E-state index < -0.39 is 5.91 Å². The number of rotatable bonds is 4. The summed E-state index contributed by atoms with van der Waals surface area (Å²) in [5.41, 5.74) is 6.51. The number of hydrogen-bond donors (Lipinski definition) is 2. The van der Waals surface area contributed by atoms with Gasteiger partial charge in [0.15, 0.2) is 0 Å². The number of carbonyl (C=O) groups excluding carboxylic acids is 2. The summed E-state index contributed by atoms with van der Waals surface area (Å²) in [4.78, 5) is 23.3. The predicted octanol–water partition coefficient (Wildman–Crippen LogP) is 2.71. The molecule has 1 aromatic heterocycles. The largest absolute Gasteiger partial charge is 0.495 e. The number of methoxy groups -OCH3 is 1.